The summed E-state index contributed by atoms with van der Waals surface area (Å²) in [5.41, 5.74) is 0. The summed E-state index contributed by atoms with van der Waals surface area (Å²) in [5.74, 6) is -0.178. The van der Waals surface area contributed by atoms with Crippen LogP contribution in [0.25, 0.3) is 0 Å². The van der Waals surface area contributed by atoms with Gasteiger partial charge in [-0.1, -0.05) is 199 Å². The molecule has 0 spiro atoms. The molecule has 3 atom stereocenters. The highest BCUT2D eigenvalue weighted by molar-refractivity contribution is 7.47. The van der Waals surface area contributed by atoms with Gasteiger partial charge in [-0.2, -0.15) is 0 Å². The predicted octanol–water partition coefficient (Wildman–Crippen LogP) is 15.2. The quantitative estimate of drug-likeness (QED) is 0.0243. The number of likely N-dealkylation sites (N-methyl/N-ethyl adjacent to an activating group) is 1. The smallest absolute Gasteiger partial charge is 0.391 e. The van der Waals surface area contributed by atoms with Gasteiger partial charge in [-0.25, -0.2) is 4.57 Å². The van der Waals surface area contributed by atoms with Gasteiger partial charge >= 0.3 is 7.82 Å². The van der Waals surface area contributed by atoms with Crippen molar-refractivity contribution in [2.75, 3.05) is 40.9 Å². The minimum absolute atomic E-state index is 0.0622. The molecule has 9 heteroatoms. The molecule has 0 aliphatic rings. The van der Waals surface area contributed by atoms with Crippen LogP contribution in [0.5, 0.6) is 0 Å². The molecular formula is C57H96N2O6P+. The fraction of sp³-hybridized carbons (Fsp3) is 0.596. The molecule has 0 aliphatic heterocycles. The largest absolute Gasteiger partial charge is 0.472 e. The second kappa shape index (κ2) is 46.7. The highest BCUT2D eigenvalue weighted by Gasteiger charge is 2.28. The van der Waals surface area contributed by atoms with Gasteiger partial charge in [-0.05, 0) is 96.3 Å². The van der Waals surface area contributed by atoms with Gasteiger partial charge in [-0.3, -0.25) is 13.8 Å². The number of allylic oxidation sites excluding steroid dienone is 22. The fourth-order valence-electron chi connectivity index (χ4n) is 6.40. The van der Waals surface area contributed by atoms with E-state index in [9.17, 15) is 19.4 Å². The Morgan fingerprint density at radius 1 is 0.530 bits per heavy atom. The van der Waals surface area contributed by atoms with Crippen molar-refractivity contribution >= 4 is 13.7 Å². The summed E-state index contributed by atoms with van der Waals surface area (Å²) < 4.78 is 23.4. The minimum Gasteiger partial charge on any atom is -0.391 e. The zero-order valence-corrected chi connectivity index (χ0v) is 43.3. The number of nitrogens with one attached hydrogen (secondary N) is 1. The summed E-state index contributed by atoms with van der Waals surface area (Å²) in [4.78, 5) is 23.0. The van der Waals surface area contributed by atoms with Crippen LogP contribution >= 0.6 is 7.82 Å². The number of quaternary nitrogens is 1. The van der Waals surface area contributed by atoms with Crippen LogP contribution in [-0.2, 0) is 18.4 Å². The van der Waals surface area contributed by atoms with Gasteiger partial charge in [0.1, 0.15) is 13.2 Å². The second-order valence-electron chi connectivity index (χ2n) is 17.8. The maximum absolute atomic E-state index is 12.8. The molecule has 0 fully saturated rings. The third-order valence-electron chi connectivity index (χ3n) is 10.4. The van der Waals surface area contributed by atoms with Crippen molar-refractivity contribution in [3.63, 3.8) is 0 Å². The van der Waals surface area contributed by atoms with Crippen molar-refractivity contribution in [2.45, 2.75) is 180 Å². The van der Waals surface area contributed by atoms with E-state index < -0.39 is 20.0 Å². The number of hydrogen-bond donors (Lipinski definition) is 3. The number of aliphatic hydroxyl groups excluding tert-OH is 1. The first-order valence-corrected chi connectivity index (χ1v) is 27.0. The number of unbranched alkanes of at least 4 members (excludes halogenated alkanes) is 9. The molecule has 0 rings (SSSR count). The number of nitrogens with zero attached hydrogens (tertiary/aromatic N) is 1. The van der Waals surface area contributed by atoms with Crippen LogP contribution in [-0.4, -0.2) is 73.4 Å². The molecule has 0 aromatic heterocycles. The standard InChI is InChI=1S/C57H95N2O6P/c1-6-8-10-12-13-14-15-16-17-18-19-20-21-22-23-24-25-26-27-28-29-30-31-32-33-34-35-36-37-38-39-40-41-42-43-44-45-47-49-51-57(61)58-55(56(60)50-48-46-11-9-7-2)54-65-66(62,63)64-53-52-59(3,4)5/h8,10,13-14,16-17,19-20,22-23,25-26,28-29,31-32,34-35,37-38,40-41,55-56,60H,6-7,9,11-12,15,18,21,24,27,30,33,36,39,42-54H2,1-5H3,(H-,58,61,62,63)/p+1/b10-8-,14-13-,17-16-,20-19-,23-22-,26-25-,29-28-,32-31-,35-34-,38-37-,41-40-. The van der Waals surface area contributed by atoms with Crippen LogP contribution < -0.4 is 5.32 Å². The van der Waals surface area contributed by atoms with Crippen LogP contribution in [0.4, 0.5) is 0 Å². The zero-order valence-electron chi connectivity index (χ0n) is 42.4. The van der Waals surface area contributed by atoms with Crippen LogP contribution in [0.15, 0.2) is 134 Å². The van der Waals surface area contributed by atoms with Gasteiger partial charge in [0.15, 0.2) is 0 Å². The number of amides is 1. The SMILES string of the molecule is CC/C=C\C/C=C\C/C=C\C/C=C\C/C=C\C/C=C\C/C=C\C/C=C\C/C=C\C/C=C\C/C=C\CCCCCCCC(=O)NC(COP(=O)(O)OCC[N+](C)(C)C)C(O)CCCCCCC. The maximum Gasteiger partial charge on any atom is 0.472 e. The topological polar surface area (TPSA) is 105 Å². The molecule has 8 nitrogen and oxygen atoms in total. The number of hydrogen-bond acceptors (Lipinski definition) is 5. The van der Waals surface area contributed by atoms with E-state index in [4.69, 9.17) is 9.05 Å². The van der Waals surface area contributed by atoms with E-state index in [1.807, 2.05) is 21.1 Å². The Kier molecular flexibility index (Phi) is 44.4. The van der Waals surface area contributed by atoms with Crippen molar-refractivity contribution < 1.29 is 32.9 Å². The first-order valence-electron chi connectivity index (χ1n) is 25.5. The van der Waals surface area contributed by atoms with E-state index >= 15 is 0 Å². The number of carbonyl (C=O) groups is 1. The average Bonchev–Trinajstić information content (AvgIpc) is 3.27. The molecular weight excluding hydrogens is 840 g/mol. The molecule has 3 unspecified atom stereocenters. The fourth-order valence-corrected chi connectivity index (χ4v) is 7.14. The van der Waals surface area contributed by atoms with Gasteiger partial charge in [0.05, 0.1) is 39.9 Å². The molecule has 1 amide bonds. The molecule has 0 bridgehead atoms. The Morgan fingerprint density at radius 2 is 0.909 bits per heavy atom. The summed E-state index contributed by atoms with van der Waals surface area (Å²) in [6.45, 7) is 4.63. The van der Waals surface area contributed by atoms with Gasteiger partial charge in [-0.15, -0.1) is 0 Å². The van der Waals surface area contributed by atoms with Gasteiger partial charge < -0.3 is 19.8 Å². The Labute approximate surface area is 405 Å². The third kappa shape index (κ3) is 48.6. The number of aliphatic hydroxyl groups is 1. The summed E-state index contributed by atoms with van der Waals surface area (Å²) in [7, 11) is 1.57. The third-order valence-corrected chi connectivity index (χ3v) is 11.4. The Hall–Kier alpha value is -3.36. The summed E-state index contributed by atoms with van der Waals surface area (Å²) in [6, 6.07) is -0.777. The predicted molar refractivity (Wildman–Crippen MR) is 285 cm³/mol. The molecule has 0 aliphatic carbocycles. The lowest BCUT2D eigenvalue weighted by Crippen LogP contribution is -2.46. The maximum atomic E-state index is 12.8. The monoisotopic (exact) mass is 936 g/mol. The van der Waals surface area contributed by atoms with Crippen LogP contribution in [0, 0.1) is 0 Å². The first kappa shape index (κ1) is 62.6. The number of phosphoric acid groups is 1. The Bertz CT molecular complexity index is 1530. The van der Waals surface area contributed by atoms with Gasteiger partial charge in [0.2, 0.25) is 5.91 Å². The molecule has 0 saturated heterocycles. The second-order valence-corrected chi connectivity index (χ2v) is 19.3. The van der Waals surface area contributed by atoms with E-state index in [2.05, 4.69) is 153 Å². The van der Waals surface area contributed by atoms with E-state index in [1.54, 1.807) is 0 Å². The molecule has 0 aromatic rings. The average molecular weight is 936 g/mol. The van der Waals surface area contributed by atoms with Crippen molar-refractivity contribution in [1.82, 2.24) is 5.32 Å². The molecule has 0 radical (unpaired) electrons. The van der Waals surface area contributed by atoms with E-state index in [-0.39, 0.29) is 19.1 Å². The zero-order chi connectivity index (χ0) is 48.5. The molecule has 66 heavy (non-hydrogen) atoms. The molecule has 0 saturated carbocycles. The summed E-state index contributed by atoms with van der Waals surface area (Å²) in [5, 5.41) is 13.7. The van der Waals surface area contributed by atoms with Gasteiger partial charge in [0.25, 0.3) is 0 Å². The lowest BCUT2D eigenvalue weighted by Gasteiger charge is -2.26. The number of rotatable bonds is 44. The lowest BCUT2D eigenvalue weighted by molar-refractivity contribution is -0.870. The molecule has 3 N–H and O–H groups in total. The summed E-state index contributed by atoms with van der Waals surface area (Å²) >= 11 is 0. The van der Waals surface area contributed by atoms with E-state index in [0.29, 0.717) is 23.9 Å². The Morgan fingerprint density at radius 3 is 1.33 bits per heavy atom. The van der Waals surface area contributed by atoms with E-state index in [1.165, 1.54) is 0 Å². The first-order chi connectivity index (χ1) is 32.0. The van der Waals surface area contributed by atoms with Gasteiger partial charge in [0, 0.05) is 6.42 Å². The molecule has 374 valence electrons. The minimum atomic E-state index is -4.31. The molecule has 0 heterocycles. The van der Waals surface area contributed by atoms with Crippen LogP contribution in [0.1, 0.15) is 168 Å². The van der Waals surface area contributed by atoms with Crippen molar-refractivity contribution in [3.05, 3.63) is 134 Å². The highest BCUT2D eigenvalue weighted by atomic mass is 31.2. The lowest BCUT2D eigenvalue weighted by atomic mass is 10.0. The number of carbonyl (C=O) groups excluding carboxylic acids is 1. The number of phosphoric ester groups is 1. The van der Waals surface area contributed by atoms with Crippen LogP contribution in [0.3, 0.4) is 0 Å². The molecule has 0 aromatic carbocycles. The van der Waals surface area contributed by atoms with E-state index in [0.717, 1.165) is 141 Å². The Balaban J connectivity index is 4.02. The normalized spacial score (nSPS) is 15.2. The highest BCUT2D eigenvalue weighted by Crippen LogP contribution is 2.43. The summed E-state index contributed by atoms with van der Waals surface area (Å²) in [6.07, 6.45) is 71.2. The van der Waals surface area contributed by atoms with Crippen LogP contribution in [0.2, 0.25) is 0 Å². The van der Waals surface area contributed by atoms with Crippen molar-refractivity contribution in [1.29, 1.82) is 0 Å². The van der Waals surface area contributed by atoms with Crippen molar-refractivity contribution in [3.8, 4) is 0 Å². The van der Waals surface area contributed by atoms with Crippen molar-refractivity contribution in [2.24, 2.45) is 0 Å².